The molecule has 0 aliphatic carbocycles. The zero-order valence-corrected chi connectivity index (χ0v) is 20.0. The van der Waals surface area contributed by atoms with E-state index in [1.54, 1.807) is 42.5 Å². The van der Waals surface area contributed by atoms with Crippen molar-refractivity contribution in [3.05, 3.63) is 48.0 Å². The molecule has 0 aliphatic heterocycles. The van der Waals surface area contributed by atoms with Crippen molar-refractivity contribution >= 4 is 29.1 Å². The van der Waals surface area contributed by atoms with Gasteiger partial charge in [0.05, 0.1) is 14.2 Å². The number of anilines is 2. The van der Waals surface area contributed by atoms with Gasteiger partial charge in [-0.1, -0.05) is 27.7 Å². The van der Waals surface area contributed by atoms with Gasteiger partial charge in [0, 0.05) is 29.4 Å². The average molecular weight is 456 g/mol. The minimum atomic E-state index is -0.764. The van der Waals surface area contributed by atoms with Crippen LogP contribution in [0, 0.1) is 11.8 Å². The van der Waals surface area contributed by atoms with E-state index < -0.39 is 11.9 Å². The molecule has 0 radical (unpaired) electrons. The Labute approximate surface area is 195 Å². The van der Waals surface area contributed by atoms with E-state index in [4.69, 9.17) is 9.47 Å². The van der Waals surface area contributed by atoms with Crippen LogP contribution in [-0.2, 0) is 9.59 Å². The SMILES string of the molecule is COc1cc(OC)cc(C(=O)NC(C(=O)Nc2ccc(NC(=O)CC(C)C)cc2)C(C)C)c1. The van der Waals surface area contributed by atoms with E-state index in [2.05, 4.69) is 16.0 Å². The molecule has 2 rings (SSSR count). The Bertz CT molecular complexity index is 948. The van der Waals surface area contributed by atoms with Crippen molar-refractivity contribution in [3.63, 3.8) is 0 Å². The molecule has 0 bridgehead atoms. The summed E-state index contributed by atoms with van der Waals surface area (Å²) >= 11 is 0. The summed E-state index contributed by atoms with van der Waals surface area (Å²) in [6.07, 6.45) is 0.438. The molecule has 0 fully saturated rings. The average Bonchev–Trinajstić information content (AvgIpc) is 2.77. The van der Waals surface area contributed by atoms with Gasteiger partial charge in [0.2, 0.25) is 11.8 Å². The van der Waals surface area contributed by atoms with Crippen LogP contribution in [0.25, 0.3) is 0 Å². The third-order valence-electron chi connectivity index (χ3n) is 4.88. The molecule has 3 N–H and O–H groups in total. The zero-order valence-electron chi connectivity index (χ0n) is 20.0. The van der Waals surface area contributed by atoms with E-state index in [1.165, 1.54) is 14.2 Å². The molecular weight excluding hydrogens is 422 g/mol. The Balaban J connectivity index is 2.07. The second-order valence-electron chi connectivity index (χ2n) is 8.51. The number of amides is 3. The number of benzene rings is 2. The number of carbonyl (C=O) groups excluding carboxylic acids is 3. The molecule has 33 heavy (non-hydrogen) atoms. The lowest BCUT2D eigenvalue weighted by molar-refractivity contribution is -0.119. The third-order valence-corrected chi connectivity index (χ3v) is 4.88. The molecule has 2 aromatic carbocycles. The molecule has 0 spiro atoms. The van der Waals surface area contributed by atoms with Crippen molar-refractivity contribution < 1.29 is 23.9 Å². The van der Waals surface area contributed by atoms with Crippen LogP contribution in [0.15, 0.2) is 42.5 Å². The van der Waals surface area contributed by atoms with Gasteiger partial charge in [-0.25, -0.2) is 0 Å². The molecule has 1 atom stereocenters. The number of hydrogen-bond acceptors (Lipinski definition) is 5. The number of rotatable bonds is 10. The van der Waals surface area contributed by atoms with Gasteiger partial charge in [0.25, 0.3) is 5.91 Å². The summed E-state index contributed by atoms with van der Waals surface area (Å²) in [6.45, 7) is 7.66. The fourth-order valence-electron chi connectivity index (χ4n) is 3.14. The standard InChI is InChI=1S/C25H33N3O5/c1-15(2)11-22(29)26-18-7-9-19(10-8-18)27-25(31)23(16(3)4)28-24(30)17-12-20(32-5)14-21(13-17)33-6/h7-10,12-16,23H,11H2,1-6H3,(H,26,29)(H,27,31)(H,28,30). The van der Waals surface area contributed by atoms with Gasteiger partial charge in [-0.3, -0.25) is 14.4 Å². The maximum atomic E-state index is 12.9. The Morgan fingerprint density at radius 3 is 1.79 bits per heavy atom. The lowest BCUT2D eigenvalue weighted by Gasteiger charge is -2.22. The number of hydrogen-bond donors (Lipinski definition) is 3. The monoisotopic (exact) mass is 455 g/mol. The fourth-order valence-corrected chi connectivity index (χ4v) is 3.14. The normalized spacial score (nSPS) is 11.6. The molecule has 0 aliphatic rings. The highest BCUT2D eigenvalue weighted by molar-refractivity contribution is 6.01. The molecule has 178 valence electrons. The quantitative estimate of drug-likeness (QED) is 0.501. The summed E-state index contributed by atoms with van der Waals surface area (Å²) in [5, 5.41) is 8.44. The van der Waals surface area contributed by atoms with Gasteiger partial charge in [-0.05, 0) is 48.2 Å². The molecule has 8 heteroatoms. The van der Waals surface area contributed by atoms with Crippen LogP contribution >= 0.6 is 0 Å². The van der Waals surface area contributed by atoms with Crippen LogP contribution in [0.3, 0.4) is 0 Å². The van der Waals surface area contributed by atoms with Gasteiger partial charge < -0.3 is 25.4 Å². The zero-order chi connectivity index (χ0) is 24.5. The largest absolute Gasteiger partial charge is 0.497 e. The molecule has 0 heterocycles. The van der Waals surface area contributed by atoms with Crippen molar-refractivity contribution in [1.29, 1.82) is 0 Å². The van der Waals surface area contributed by atoms with Crippen LogP contribution in [0.1, 0.15) is 44.5 Å². The van der Waals surface area contributed by atoms with E-state index in [1.807, 2.05) is 27.7 Å². The number of carbonyl (C=O) groups is 3. The fraction of sp³-hybridized carbons (Fsp3) is 0.400. The maximum absolute atomic E-state index is 12.9. The lowest BCUT2D eigenvalue weighted by atomic mass is 10.0. The topological polar surface area (TPSA) is 106 Å². The Hall–Kier alpha value is -3.55. The Morgan fingerprint density at radius 1 is 0.818 bits per heavy atom. The molecule has 2 aromatic rings. The lowest BCUT2D eigenvalue weighted by Crippen LogP contribution is -2.47. The third kappa shape index (κ3) is 7.82. The summed E-state index contributed by atoms with van der Waals surface area (Å²) in [5.74, 6) is 0.254. The summed E-state index contributed by atoms with van der Waals surface area (Å²) in [4.78, 5) is 37.7. The van der Waals surface area contributed by atoms with Crippen molar-refractivity contribution in [2.75, 3.05) is 24.9 Å². The minimum Gasteiger partial charge on any atom is -0.497 e. The van der Waals surface area contributed by atoms with Crippen LogP contribution in [0.2, 0.25) is 0 Å². The Morgan fingerprint density at radius 2 is 1.33 bits per heavy atom. The van der Waals surface area contributed by atoms with Crippen molar-refractivity contribution in [2.24, 2.45) is 11.8 Å². The van der Waals surface area contributed by atoms with Gasteiger partial charge in [0.1, 0.15) is 17.5 Å². The van der Waals surface area contributed by atoms with Crippen LogP contribution in [0.5, 0.6) is 11.5 Å². The highest BCUT2D eigenvalue weighted by Gasteiger charge is 2.25. The molecular formula is C25H33N3O5. The smallest absolute Gasteiger partial charge is 0.252 e. The summed E-state index contributed by atoms with van der Waals surface area (Å²) in [6, 6.07) is 10.9. The number of ether oxygens (including phenoxy) is 2. The highest BCUT2D eigenvalue weighted by Crippen LogP contribution is 2.23. The van der Waals surface area contributed by atoms with Crippen LogP contribution in [0.4, 0.5) is 11.4 Å². The van der Waals surface area contributed by atoms with E-state index in [0.29, 0.717) is 34.9 Å². The highest BCUT2D eigenvalue weighted by atomic mass is 16.5. The maximum Gasteiger partial charge on any atom is 0.252 e. The predicted octanol–water partition coefficient (Wildman–Crippen LogP) is 4.08. The van der Waals surface area contributed by atoms with Crippen molar-refractivity contribution in [1.82, 2.24) is 5.32 Å². The first-order valence-electron chi connectivity index (χ1n) is 10.9. The minimum absolute atomic E-state index is 0.0569. The van der Waals surface area contributed by atoms with E-state index in [-0.39, 0.29) is 23.7 Å². The van der Waals surface area contributed by atoms with E-state index in [9.17, 15) is 14.4 Å². The van der Waals surface area contributed by atoms with E-state index in [0.717, 1.165) is 0 Å². The second kappa shape index (κ2) is 11.9. The number of methoxy groups -OCH3 is 2. The van der Waals surface area contributed by atoms with Crippen molar-refractivity contribution in [2.45, 2.75) is 40.2 Å². The molecule has 3 amide bonds. The Kier molecular flexibility index (Phi) is 9.27. The van der Waals surface area contributed by atoms with Gasteiger partial charge >= 0.3 is 0 Å². The molecule has 0 saturated heterocycles. The molecule has 8 nitrogen and oxygen atoms in total. The number of nitrogens with one attached hydrogen (secondary N) is 3. The van der Waals surface area contributed by atoms with Gasteiger partial charge in [0.15, 0.2) is 0 Å². The van der Waals surface area contributed by atoms with Crippen LogP contribution in [-0.4, -0.2) is 38.0 Å². The van der Waals surface area contributed by atoms with Gasteiger partial charge in [-0.2, -0.15) is 0 Å². The van der Waals surface area contributed by atoms with Gasteiger partial charge in [-0.15, -0.1) is 0 Å². The molecule has 1 unspecified atom stereocenters. The summed E-state index contributed by atoms with van der Waals surface area (Å²) in [7, 11) is 3.00. The summed E-state index contributed by atoms with van der Waals surface area (Å²) < 4.78 is 10.4. The first-order chi connectivity index (χ1) is 15.6. The van der Waals surface area contributed by atoms with E-state index >= 15 is 0 Å². The first kappa shape index (κ1) is 25.7. The summed E-state index contributed by atoms with van der Waals surface area (Å²) in [5.41, 5.74) is 1.54. The molecule has 0 saturated carbocycles. The first-order valence-corrected chi connectivity index (χ1v) is 10.9. The second-order valence-corrected chi connectivity index (χ2v) is 8.51. The molecule has 0 aromatic heterocycles. The predicted molar refractivity (Wildman–Crippen MR) is 129 cm³/mol. The van der Waals surface area contributed by atoms with Crippen molar-refractivity contribution in [3.8, 4) is 11.5 Å². The van der Waals surface area contributed by atoms with Crippen LogP contribution < -0.4 is 25.4 Å².